The van der Waals surface area contributed by atoms with Crippen LogP contribution in [0.2, 0.25) is 0 Å². The number of amides is 1. The molecule has 2 aromatic rings. The predicted octanol–water partition coefficient (Wildman–Crippen LogP) is 4.58. The van der Waals surface area contributed by atoms with Crippen molar-refractivity contribution in [3.63, 3.8) is 0 Å². The van der Waals surface area contributed by atoms with Gasteiger partial charge >= 0.3 is 11.9 Å². The number of hydrogen-bond donors (Lipinski definition) is 0. The summed E-state index contributed by atoms with van der Waals surface area (Å²) in [6.45, 7) is 1.26. The van der Waals surface area contributed by atoms with Crippen molar-refractivity contribution < 1.29 is 45.8 Å². The van der Waals surface area contributed by atoms with Gasteiger partial charge in [-0.1, -0.05) is 37.3 Å². The van der Waals surface area contributed by atoms with Crippen molar-refractivity contribution in [1.82, 2.24) is 0 Å². The van der Waals surface area contributed by atoms with E-state index in [0.717, 1.165) is 7.11 Å². The molecule has 2 aromatic carbocycles. The molecule has 0 radical (unpaired) electrons. The number of methoxy groups -OCH3 is 1. The minimum Gasteiger partial charge on any atom is -0.469 e. The van der Waals surface area contributed by atoms with Crippen LogP contribution in [0.15, 0.2) is 30.3 Å². The first-order chi connectivity index (χ1) is 16.5. The van der Waals surface area contributed by atoms with Crippen LogP contribution in [0.4, 0.5) is 27.6 Å². The monoisotopic (exact) mass is 499 g/mol. The molecular formula is C24H22F5NO5. The molecule has 11 heteroatoms. The molecule has 3 rings (SSSR count). The molecule has 0 spiro atoms. The van der Waals surface area contributed by atoms with E-state index < -0.39 is 70.5 Å². The normalized spacial score (nSPS) is 19.7. The van der Waals surface area contributed by atoms with Gasteiger partial charge in [-0.2, -0.15) is 0 Å². The lowest BCUT2D eigenvalue weighted by Crippen LogP contribution is -2.39. The number of anilines is 1. The smallest absolute Gasteiger partial charge is 0.308 e. The van der Waals surface area contributed by atoms with Gasteiger partial charge in [0.25, 0.3) is 0 Å². The second kappa shape index (κ2) is 10.4. The topological polar surface area (TPSA) is 72.9 Å². The Morgan fingerprint density at radius 1 is 0.971 bits per heavy atom. The van der Waals surface area contributed by atoms with Gasteiger partial charge in [0.2, 0.25) is 11.7 Å². The van der Waals surface area contributed by atoms with Crippen LogP contribution in [0.1, 0.15) is 38.2 Å². The first kappa shape index (κ1) is 26.1. The van der Waals surface area contributed by atoms with E-state index in [0.29, 0.717) is 10.5 Å². The zero-order valence-corrected chi connectivity index (χ0v) is 18.9. The summed E-state index contributed by atoms with van der Waals surface area (Å²) < 4.78 is 80.4. The Balaban J connectivity index is 1.94. The average molecular weight is 499 g/mol. The van der Waals surface area contributed by atoms with Crippen molar-refractivity contribution in [2.24, 2.45) is 5.41 Å². The van der Waals surface area contributed by atoms with E-state index in [1.165, 1.54) is 6.92 Å². The molecule has 2 unspecified atom stereocenters. The third-order valence-electron chi connectivity index (χ3n) is 5.97. The molecule has 0 saturated carbocycles. The summed E-state index contributed by atoms with van der Waals surface area (Å²) in [4.78, 5) is 37.8. The van der Waals surface area contributed by atoms with Gasteiger partial charge in [-0.25, -0.2) is 22.0 Å². The zero-order valence-electron chi connectivity index (χ0n) is 18.9. The molecule has 0 aliphatic carbocycles. The maximum absolute atomic E-state index is 14.6. The molecule has 0 bridgehead atoms. The maximum Gasteiger partial charge on any atom is 0.308 e. The van der Waals surface area contributed by atoms with Gasteiger partial charge in [-0.3, -0.25) is 14.4 Å². The number of esters is 2. The Morgan fingerprint density at radius 2 is 1.54 bits per heavy atom. The highest BCUT2D eigenvalue weighted by Gasteiger charge is 2.51. The van der Waals surface area contributed by atoms with Gasteiger partial charge in [-0.05, 0) is 18.4 Å². The van der Waals surface area contributed by atoms with Crippen LogP contribution in [0.5, 0.6) is 0 Å². The quantitative estimate of drug-likeness (QED) is 0.230. The van der Waals surface area contributed by atoms with E-state index in [9.17, 15) is 36.3 Å². The lowest BCUT2D eigenvalue weighted by molar-refractivity contribution is -0.145. The van der Waals surface area contributed by atoms with Crippen molar-refractivity contribution >= 4 is 23.5 Å². The summed E-state index contributed by atoms with van der Waals surface area (Å²) in [5.74, 6) is -13.7. The van der Waals surface area contributed by atoms with Crippen LogP contribution >= 0.6 is 0 Å². The Morgan fingerprint density at radius 3 is 2.11 bits per heavy atom. The van der Waals surface area contributed by atoms with E-state index >= 15 is 0 Å². The number of ether oxygens (including phenoxy) is 2. The van der Waals surface area contributed by atoms with Gasteiger partial charge in [0.05, 0.1) is 13.5 Å². The second-order valence-electron chi connectivity index (χ2n) is 8.44. The fourth-order valence-corrected chi connectivity index (χ4v) is 4.09. The molecular weight excluding hydrogens is 477 g/mol. The zero-order chi connectivity index (χ0) is 25.9. The van der Waals surface area contributed by atoms with Gasteiger partial charge in [0, 0.05) is 17.9 Å². The fourth-order valence-electron chi connectivity index (χ4n) is 4.09. The molecule has 0 N–H and O–H groups in total. The van der Waals surface area contributed by atoms with Crippen molar-refractivity contribution in [2.45, 2.75) is 45.3 Å². The summed E-state index contributed by atoms with van der Waals surface area (Å²) in [7, 11) is 1.13. The summed E-state index contributed by atoms with van der Waals surface area (Å²) >= 11 is 0. The van der Waals surface area contributed by atoms with E-state index in [2.05, 4.69) is 4.74 Å². The molecule has 0 aromatic heterocycles. The van der Waals surface area contributed by atoms with E-state index in [1.54, 1.807) is 30.3 Å². The third kappa shape index (κ3) is 5.28. The molecule has 1 saturated heterocycles. The standard InChI is InChI=1S/C24H22F5NO5/c1-24(9-8-15(31)34-2)11-14(10-16(32)35-12-13-6-4-3-5-7-13)30(23(24)33)22-20(28)18(26)17(25)19(27)21(22)29/h3-7,14H,8-12H2,1-2H3. The van der Waals surface area contributed by atoms with Crippen LogP contribution in [0, 0.1) is 34.5 Å². The minimum absolute atomic E-state index is 0.123. The molecule has 1 aliphatic heterocycles. The summed E-state index contributed by atoms with van der Waals surface area (Å²) in [6.07, 6.45) is -1.16. The van der Waals surface area contributed by atoms with Gasteiger partial charge in [0.15, 0.2) is 23.3 Å². The van der Waals surface area contributed by atoms with Gasteiger partial charge in [0.1, 0.15) is 12.3 Å². The Bertz CT molecular complexity index is 1110. The van der Waals surface area contributed by atoms with Crippen LogP contribution in [0.25, 0.3) is 0 Å². The highest BCUT2D eigenvalue weighted by molar-refractivity contribution is 6.01. The third-order valence-corrected chi connectivity index (χ3v) is 5.97. The first-order valence-corrected chi connectivity index (χ1v) is 10.6. The van der Waals surface area contributed by atoms with Crippen molar-refractivity contribution in [2.75, 3.05) is 12.0 Å². The van der Waals surface area contributed by atoms with Crippen LogP contribution < -0.4 is 4.90 Å². The van der Waals surface area contributed by atoms with Crippen LogP contribution in [-0.4, -0.2) is 31.0 Å². The summed E-state index contributed by atoms with van der Waals surface area (Å²) in [5, 5.41) is 0. The predicted molar refractivity (Wildman–Crippen MR) is 112 cm³/mol. The molecule has 1 amide bonds. The van der Waals surface area contributed by atoms with Gasteiger partial charge < -0.3 is 14.4 Å². The molecule has 1 fully saturated rings. The van der Waals surface area contributed by atoms with Crippen LogP contribution in [0.3, 0.4) is 0 Å². The average Bonchev–Trinajstić information content (AvgIpc) is 3.09. The highest BCUT2D eigenvalue weighted by atomic mass is 19.2. The summed E-state index contributed by atoms with van der Waals surface area (Å²) in [6, 6.07) is 7.29. The Labute approximate surface area is 197 Å². The summed E-state index contributed by atoms with van der Waals surface area (Å²) in [5.41, 5.74) is -2.24. The van der Waals surface area contributed by atoms with Crippen molar-refractivity contribution in [3.8, 4) is 0 Å². The largest absolute Gasteiger partial charge is 0.469 e. The number of halogens is 5. The lowest BCUT2D eigenvalue weighted by Gasteiger charge is -2.26. The Kier molecular flexibility index (Phi) is 7.76. The second-order valence-corrected chi connectivity index (χ2v) is 8.44. The molecule has 35 heavy (non-hydrogen) atoms. The van der Waals surface area contributed by atoms with E-state index in [1.807, 2.05) is 0 Å². The molecule has 1 aliphatic rings. The number of carbonyl (C=O) groups is 3. The highest BCUT2D eigenvalue weighted by Crippen LogP contribution is 2.45. The number of carbonyl (C=O) groups excluding carboxylic acids is 3. The first-order valence-electron chi connectivity index (χ1n) is 10.6. The molecule has 1 heterocycles. The maximum atomic E-state index is 14.6. The SMILES string of the molecule is COC(=O)CCC1(C)CC(CC(=O)OCc2ccccc2)N(c2c(F)c(F)c(F)c(F)c2F)C1=O. The number of rotatable bonds is 8. The number of hydrogen-bond acceptors (Lipinski definition) is 5. The minimum atomic E-state index is -2.37. The van der Waals surface area contributed by atoms with Crippen LogP contribution in [-0.2, 0) is 30.5 Å². The molecule has 6 nitrogen and oxygen atoms in total. The van der Waals surface area contributed by atoms with Gasteiger partial charge in [-0.15, -0.1) is 0 Å². The molecule has 2 atom stereocenters. The lowest BCUT2D eigenvalue weighted by atomic mass is 9.82. The van der Waals surface area contributed by atoms with Crippen molar-refractivity contribution in [3.05, 3.63) is 65.0 Å². The van der Waals surface area contributed by atoms with Crippen molar-refractivity contribution in [1.29, 1.82) is 0 Å². The number of nitrogens with zero attached hydrogens (tertiary/aromatic N) is 1. The van der Waals surface area contributed by atoms with E-state index in [4.69, 9.17) is 4.74 Å². The molecule has 188 valence electrons. The number of benzene rings is 2. The van der Waals surface area contributed by atoms with E-state index in [-0.39, 0.29) is 25.9 Å². The fraction of sp³-hybridized carbons (Fsp3) is 0.375. The Hall–Kier alpha value is -3.50.